The van der Waals surface area contributed by atoms with E-state index in [1.165, 1.54) is 25.9 Å². The predicted octanol–water partition coefficient (Wildman–Crippen LogP) is 1.36. The van der Waals surface area contributed by atoms with Crippen LogP contribution in [-0.2, 0) is 9.47 Å². The Morgan fingerprint density at radius 1 is 1.28 bits per heavy atom. The fourth-order valence-corrected chi connectivity index (χ4v) is 2.63. The molecule has 0 aromatic rings. The van der Waals surface area contributed by atoms with Crippen LogP contribution in [0.25, 0.3) is 0 Å². The molecule has 1 fully saturated rings. The molecule has 1 saturated heterocycles. The lowest BCUT2D eigenvalue weighted by molar-refractivity contribution is -0.0215. The van der Waals surface area contributed by atoms with Crippen LogP contribution in [0.5, 0.6) is 0 Å². The Labute approximate surface area is 112 Å². The van der Waals surface area contributed by atoms with Gasteiger partial charge < -0.3 is 19.7 Å². The second kappa shape index (κ2) is 7.43. The second-order valence-electron chi connectivity index (χ2n) is 5.85. The van der Waals surface area contributed by atoms with Crippen molar-refractivity contribution in [1.29, 1.82) is 0 Å². The summed E-state index contributed by atoms with van der Waals surface area (Å²) in [5, 5.41) is 3.39. The zero-order valence-corrected chi connectivity index (χ0v) is 12.7. The van der Waals surface area contributed by atoms with Crippen LogP contribution < -0.4 is 5.32 Å². The van der Waals surface area contributed by atoms with Crippen molar-refractivity contribution in [2.75, 3.05) is 47.5 Å². The lowest BCUT2D eigenvalue weighted by atomic mass is 9.94. The van der Waals surface area contributed by atoms with Crippen LogP contribution in [0.1, 0.15) is 26.7 Å². The van der Waals surface area contributed by atoms with E-state index in [-0.39, 0.29) is 5.60 Å². The molecule has 0 aromatic heterocycles. The standard InChI is InChI=1S/C14H30N2O2/c1-14(2,18-5)13(15-3)10-16-8-6-12(7-9-16)11-17-4/h12-13,15H,6-11H2,1-5H3. The summed E-state index contributed by atoms with van der Waals surface area (Å²) in [7, 11) is 5.60. The van der Waals surface area contributed by atoms with E-state index in [0.29, 0.717) is 6.04 Å². The van der Waals surface area contributed by atoms with Crippen molar-refractivity contribution in [3.8, 4) is 0 Å². The fraction of sp³-hybridized carbons (Fsp3) is 1.00. The van der Waals surface area contributed by atoms with E-state index in [1.54, 1.807) is 14.2 Å². The second-order valence-corrected chi connectivity index (χ2v) is 5.85. The summed E-state index contributed by atoms with van der Waals surface area (Å²) in [6.45, 7) is 8.60. The maximum atomic E-state index is 5.58. The highest BCUT2D eigenvalue weighted by Gasteiger charge is 2.30. The van der Waals surface area contributed by atoms with E-state index in [0.717, 1.165) is 19.1 Å². The van der Waals surface area contributed by atoms with E-state index < -0.39 is 0 Å². The molecule has 1 aliphatic heterocycles. The Morgan fingerprint density at radius 3 is 2.33 bits per heavy atom. The Bertz CT molecular complexity index is 226. The molecule has 0 spiro atoms. The van der Waals surface area contributed by atoms with Crippen LogP contribution >= 0.6 is 0 Å². The van der Waals surface area contributed by atoms with Crippen LogP contribution in [0, 0.1) is 5.92 Å². The summed E-state index contributed by atoms with van der Waals surface area (Å²) >= 11 is 0. The van der Waals surface area contributed by atoms with Crippen molar-refractivity contribution in [3.63, 3.8) is 0 Å². The van der Waals surface area contributed by atoms with E-state index in [2.05, 4.69) is 24.1 Å². The smallest absolute Gasteiger partial charge is 0.0787 e. The molecule has 0 bridgehead atoms. The number of likely N-dealkylation sites (N-methyl/N-ethyl adjacent to an activating group) is 1. The Hall–Kier alpha value is -0.160. The molecule has 0 aliphatic carbocycles. The molecule has 0 radical (unpaired) electrons. The van der Waals surface area contributed by atoms with E-state index >= 15 is 0 Å². The van der Waals surface area contributed by atoms with Crippen molar-refractivity contribution in [3.05, 3.63) is 0 Å². The van der Waals surface area contributed by atoms with Gasteiger partial charge in [-0.1, -0.05) is 0 Å². The highest BCUT2D eigenvalue weighted by molar-refractivity contribution is 4.88. The first-order valence-electron chi connectivity index (χ1n) is 6.97. The van der Waals surface area contributed by atoms with Crippen molar-refractivity contribution in [2.45, 2.75) is 38.3 Å². The van der Waals surface area contributed by atoms with Gasteiger partial charge in [0.25, 0.3) is 0 Å². The fourth-order valence-electron chi connectivity index (χ4n) is 2.63. The molecule has 4 nitrogen and oxygen atoms in total. The maximum Gasteiger partial charge on any atom is 0.0787 e. The Kier molecular flexibility index (Phi) is 6.57. The first kappa shape index (κ1) is 15.9. The monoisotopic (exact) mass is 258 g/mol. The van der Waals surface area contributed by atoms with Crippen LogP contribution in [0.4, 0.5) is 0 Å². The molecule has 4 heteroatoms. The maximum absolute atomic E-state index is 5.58. The van der Waals surface area contributed by atoms with E-state index in [4.69, 9.17) is 9.47 Å². The minimum Gasteiger partial charge on any atom is -0.384 e. The minimum absolute atomic E-state index is 0.127. The Morgan fingerprint density at radius 2 is 1.89 bits per heavy atom. The molecule has 1 N–H and O–H groups in total. The number of methoxy groups -OCH3 is 2. The van der Waals surface area contributed by atoms with Crippen LogP contribution in [0.2, 0.25) is 0 Å². The van der Waals surface area contributed by atoms with Gasteiger partial charge in [-0.15, -0.1) is 0 Å². The van der Waals surface area contributed by atoms with Crippen molar-refractivity contribution < 1.29 is 9.47 Å². The van der Waals surface area contributed by atoms with Crippen molar-refractivity contribution in [2.24, 2.45) is 5.92 Å². The number of ether oxygens (including phenoxy) is 2. The molecule has 1 aliphatic rings. The predicted molar refractivity (Wildman–Crippen MR) is 75.0 cm³/mol. The number of likely N-dealkylation sites (tertiary alicyclic amines) is 1. The van der Waals surface area contributed by atoms with Gasteiger partial charge in [-0.3, -0.25) is 0 Å². The molecule has 0 amide bonds. The summed E-state index contributed by atoms with van der Waals surface area (Å²) in [5.74, 6) is 0.745. The van der Waals surface area contributed by atoms with E-state index in [1.807, 2.05) is 7.05 Å². The van der Waals surface area contributed by atoms with Crippen LogP contribution in [0.3, 0.4) is 0 Å². The third kappa shape index (κ3) is 4.50. The first-order chi connectivity index (χ1) is 8.53. The van der Waals surface area contributed by atoms with Crippen molar-refractivity contribution in [1.82, 2.24) is 10.2 Å². The lowest BCUT2D eigenvalue weighted by Gasteiger charge is -2.39. The van der Waals surface area contributed by atoms with Gasteiger partial charge in [0.1, 0.15) is 0 Å². The average molecular weight is 258 g/mol. The topological polar surface area (TPSA) is 33.7 Å². The van der Waals surface area contributed by atoms with Gasteiger partial charge in [0.15, 0.2) is 0 Å². The molecular weight excluding hydrogens is 228 g/mol. The van der Waals surface area contributed by atoms with Gasteiger partial charge in [-0.05, 0) is 52.7 Å². The number of piperidine rings is 1. The summed E-state index contributed by atoms with van der Waals surface area (Å²) < 4.78 is 10.8. The molecule has 18 heavy (non-hydrogen) atoms. The summed E-state index contributed by atoms with van der Waals surface area (Å²) in [4.78, 5) is 2.54. The molecule has 1 heterocycles. The number of nitrogens with zero attached hydrogens (tertiary/aromatic N) is 1. The van der Waals surface area contributed by atoms with Gasteiger partial charge in [-0.2, -0.15) is 0 Å². The van der Waals surface area contributed by atoms with Crippen molar-refractivity contribution >= 4 is 0 Å². The summed E-state index contributed by atoms with van der Waals surface area (Å²) in [6.07, 6.45) is 2.50. The molecule has 1 atom stereocenters. The highest BCUT2D eigenvalue weighted by atomic mass is 16.5. The largest absolute Gasteiger partial charge is 0.384 e. The average Bonchev–Trinajstić information content (AvgIpc) is 2.38. The van der Waals surface area contributed by atoms with Gasteiger partial charge in [0.2, 0.25) is 0 Å². The molecule has 1 rings (SSSR count). The molecular formula is C14H30N2O2. The van der Waals surface area contributed by atoms with Gasteiger partial charge in [0.05, 0.1) is 5.60 Å². The lowest BCUT2D eigenvalue weighted by Crippen LogP contribution is -2.54. The number of rotatable bonds is 7. The minimum atomic E-state index is -0.127. The third-order valence-corrected chi connectivity index (χ3v) is 4.26. The normalized spacial score (nSPS) is 21.2. The summed E-state index contributed by atoms with van der Waals surface area (Å²) in [6, 6.07) is 0.362. The van der Waals surface area contributed by atoms with Crippen LogP contribution in [-0.4, -0.2) is 64.1 Å². The molecule has 1 unspecified atom stereocenters. The van der Waals surface area contributed by atoms with Crippen LogP contribution in [0.15, 0.2) is 0 Å². The SMILES string of the molecule is CNC(CN1CCC(COC)CC1)C(C)(C)OC. The number of hydrogen-bond acceptors (Lipinski definition) is 4. The number of hydrogen-bond donors (Lipinski definition) is 1. The van der Waals surface area contributed by atoms with Gasteiger partial charge in [-0.25, -0.2) is 0 Å². The van der Waals surface area contributed by atoms with E-state index in [9.17, 15) is 0 Å². The summed E-state index contributed by atoms with van der Waals surface area (Å²) in [5.41, 5.74) is -0.127. The zero-order valence-electron chi connectivity index (χ0n) is 12.7. The molecule has 108 valence electrons. The molecule has 0 aromatic carbocycles. The first-order valence-corrected chi connectivity index (χ1v) is 6.97. The molecule has 0 saturated carbocycles. The number of nitrogens with one attached hydrogen (secondary N) is 1. The Balaban J connectivity index is 2.39. The highest BCUT2D eigenvalue weighted by Crippen LogP contribution is 2.20. The third-order valence-electron chi connectivity index (χ3n) is 4.26. The quantitative estimate of drug-likeness (QED) is 0.747. The van der Waals surface area contributed by atoms with Gasteiger partial charge in [0, 0.05) is 33.4 Å². The zero-order chi connectivity index (χ0) is 13.6. The van der Waals surface area contributed by atoms with Gasteiger partial charge >= 0.3 is 0 Å².